The lowest BCUT2D eigenvalue weighted by atomic mass is 10.0. The molecule has 0 saturated carbocycles. The topological polar surface area (TPSA) is 0 Å². The molecule has 0 saturated heterocycles. The summed E-state index contributed by atoms with van der Waals surface area (Å²) in [6.45, 7) is 3.97. The Kier molecular flexibility index (Phi) is 2.41. The van der Waals surface area contributed by atoms with Gasteiger partial charge in [0.15, 0.2) is 0 Å². The molecule has 0 aliphatic rings. The first-order valence-electron chi connectivity index (χ1n) is 5.74. The zero-order valence-electron chi connectivity index (χ0n) is 9.56. The molecule has 0 heteroatoms. The third kappa shape index (κ3) is 1.94. The predicted octanol–water partition coefficient (Wildman–Crippen LogP) is 4.69. The number of rotatable bonds is 1. The van der Waals surface area contributed by atoms with Gasteiger partial charge in [-0.05, 0) is 40.5 Å². The smallest absolute Gasteiger partial charge is 0.0178 e. The summed E-state index contributed by atoms with van der Waals surface area (Å²) in [5, 5.41) is 2.56. The largest absolute Gasteiger partial charge is 0.0616 e. The van der Waals surface area contributed by atoms with Gasteiger partial charge in [0.1, 0.15) is 0 Å². The van der Waals surface area contributed by atoms with Crippen molar-refractivity contribution in [3.05, 3.63) is 79.2 Å². The van der Waals surface area contributed by atoms with Gasteiger partial charge in [0.2, 0.25) is 0 Å². The lowest BCUT2D eigenvalue weighted by molar-refractivity contribution is 1.59. The van der Waals surface area contributed by atoms with E-state index in [-0.39, 0.29) is 0 Å². The van der Waals surface area contributed by atoms with Crippen molar-refractivity contribution in [2.24, 2.45) is 0 Å². The zero-order valence-corrected chi connectivity index (χ0v) is 9.56. The van der Waals surface area contributed by atoms with Gasteiger partial charge in [-0.15, -0.1) is 0 Å². The second-order valence-electron chi connectivity index (χ2n) is 4.26. The summed E-state index contributed by atoms with van der Waals surface area (Å²) >= 11 is 0. The Morgan fingerprint density at radius 1 is 0.588 bits per heavy atom. The van der Waals surface area contributed by atoms with E-state index in [0.717, 1.165) is 5.56 Å². The van der Waals surface area contributed by atoms with Crippen LogP contribution in [0, 0.1) is 6.92 Å². The first-order chi connectivity index (χ1) is 8.33. The van der Waals surface area contributed by atoms with Crippen LogP contribution in [0.1, 0.15) is 5.56 Å². The third-order valence-corrected chi connectivity index (χ3v) is 3.01. The SMILES string of the molecule is [CH2]c1cccc(-c2ccc3ccccc3c2)c1. The van der Waals surface area contributed by atoms with Gasteiger partial charge in [0, 0.05) is 0 Å². The molecule has 0 N–H and O–H groups in total. The molecule has 3 aromatic rings. The molecule has 0 aliphatic heterocycles. The van der Waals surface area contributed by atoms with E-state index in [2.05, 4.69) is 61.5 Å². The molecule has 3 rings (SSSR count). The molecule has 0 nitrogen and oxygen atoms in total. The molecule has 0 bridgehead atoms. The second kappa shape index (κ2) is 4.06. The van der Waals surface area contributed by atoms with E-state index in [1.807, 2.05) is 12.1 Å². The van der Waals surface area contributed by atoms with E-state index in [1.54, 1.807) is 0 Å². The molecule has 0 fully saturated rings. The Balaban J connectivity index is 2.18. The van der Waals surface area contributed by atoms with Gasteiger partial charge in [-0.2, -0.15) is 0 Å². The lowest BCUT2D eigenvalue weighted by Gasteiger charge is -2.05. The molecule has 17 heavy (non-hydrogen) atoms. The maximum atomic E-state index is 3.97. The van der Waals surface area contributed by atoms with Crippen LogP contribution < -0.4 is 0 Å². The van der Waals surface area contributed by atoms with Gasteiger partial charge in [-0.25, -0.2) is 0 Å². The van der Waals surface area contributed by atoms with Crippen LogP contribution in [0.3, 0.4) is 0 Å². The Morgan fingerprint density at radius 3 is 2.18 bits per heavy atom. The van der Waals surface area contributed by atoms with Crippen molar-refractivity contribution in [3.63, 3.8) is 0 Å². The van der Waals surface area contributed by atoms with Crippen LogP contribution in [0.25, 0.3) is 21.9 Å². The van der Waals surface area contributed by atoms with Crippen molar-refractivity contribution in [1.29, 1.82) is 0 Å². The molecule has 0 aliphatic carbocycles. The van der Waals surface area contributed by atoms with Gasteiger partial charge in [0.25, 0.3) is 0 Å². The van der Waals surface area contributed by atoms with E-state index < -0.39 is 0 Å². The van der Waals surface area contributed by atoms with Crippen LogP contribution in [0.5, 0.6) is 0 Å². The van der Waals surface area contributed by atoms with E-state index in [0.29, 0.717) is 0 Å². The summed E-state index contributed by atoms with van der Waals surface area (Å²) < 4.78 is 0. The lowest BCUT2D eigenvalue weighted by Crippen LogP contribution is -1.80. The predicted molar refractivity (Wildman–Crippen MR) is 73.8 cm³/mol. The first-order valence-corrected chi connectivity index (χ1v) is 5.74. The maximum absolute atomic E-state index is 3.97. The van der Waals surface area contributed by atoms with E-state index in [1.165, 1.54) is 21.9 Å². The van der Waals surface area contributed by atoms with Gasteiger partial charge in [0.05, 0.1) is 0 Å². The van der Waals surface area contributed by atoms with Crippen LogP contribution in [-0.4, -0.2) is 0 Å². The van der Waals surface area contributed by atoms with Crippen molar-refractivity contribution in [1.82, 2.24) is 0 Å². The summed E-state index contributed by atoms with van der Waals surface area (Å²) in [6.07, 6.45) is 0. The Morgan fingerprint density at radius 2 is 1.35 bits per heavy atom. The molecule has 0 spiro atoms. The summed E-state index contributed by atoms with van der Waals surface area (Å²) in [6, 6.07) is 23.3. The normalized spacial score (nSPS) is 10.6. The van der Waals surface area contributed by atoms with E-state index in [4.69, 9.17) is 0 Å². The minimum Gasteiger partial charge on any atom is -0.0616 e. The highest BCUT2D eigenvalue weighted by atomic mass is 14.0. The monoisotopic (exact) mass is 217 g/mol. The van der Waals surface area contributed by atoms with Crippen molar-refractivity contribution in [2.75, 3.05) is 0 Å². The average Bonchev–Trinajstić information content (AvgIpc) is 2.38. The van der Waals surface area contributed by atoms with Crippen molar-refractivity contribution in [3.8, 4) is 11.1 Å². The molecule has 0 amide bonds. The molecule has 3 aromatic carbocycles. The number of benzene rings is 3. The standard InChI is InChI=1S/C17H13/c1-13-5-4-8-15(11-13)17-10-9-14-6-2-3-7-16(14)12-17/h2-12H,1H2. The zero-order chi connectivity index (χ0) is 11.7. The molecule has 0 aromatic heterocycles. The molecular formula is C17H13. The fraction of sp³-hybridized carbons (Fsp3) is 0. The van der Waals surface area contributed by atoms with Gasteiger partial charge in [-0.3, -0.25) is 0 Å². The van der Waals surface area contributed by atoms with Crippen LogP contribution >= 0.6 is 0 Å². The minimum atomic E-state index is 1.05. The quantitative estimate of drug-likeness (QED) is 0.554. The summed E-state index contributed by atoms with van der Waals surface area (Å²) in [4.78, 5) is 0. The minimum absolute atomic E-state index is 1.05. The number of fused-ring (bicyclic) bond motifs is 1. The Bertz CT molecular complexity index is 665. The van der Waals surface area contributed by atoms with Gasteiger partial charge in [-0.1, -0.05) is 60.7 Å². The number of hydrogen-bond acceptors (Lipinski definition) is 0. The van der Waals surface area contributed by atoms with E-state index in [9.17, 15) is 0 Å². The molecule has 1 radical (unpaired) electrons. The highest BCUT2D eigenvalue weighted by Crippen LogP contribution is 2.24. The Labute approximate surface area is 102 Å². The highest BCUT2D eigenvalue weighted by molar-refractivity contribution is 5.87. The summed E-state index contributed by atoms with van der Waals surface area (Å²) in [7, 11) is 0. The van der Waals surface area contributed by atoms with Crippen LogP contribution in [0.4, 0.5) is 0 Å². The van der Waals surface area contributed by atoms with Gasteiger partial charge < -0.3 is 0 Å². The maximum Gasteiger partial charge on any atom is -0.0178 e. The molecule has 0 heterocycles. The average molecular weight is 217 g/mol. The Hall–Kier alpha value is -2.08. The fourth-order valence-electron chi connectivity index (χ4n) is 2.12. The molecular weight excluding hydrogens is 204 g/mol. The number of hydrogen-bond donors (Lipinski definition) is 0. The van der Waals surface area contributed by atoms with Crippen molar-refractivity contribution in [2.45, 2.75) is 0 Å². The van der Waals surface area contributed by atoms with Crippen LogP contribution in [0.15, 0.2) is 66.7 Å². The molecule has 81 valence electrons. The fourth-order valence-corrected chi connectivity index (χ4v) is 2.12. The summed E-state index contributed by atoms with van der Waals surface area (Å²) in [5.74, 6) is 0. The molecule has 0 unspecified atom stereocenters. The van der Waals surface area contributed by atoms with Crippen LogP contribution in [0.2, 0.25) is 0 Å². The highest BCUT2D eigenvalue weighted by Gasteiger charge is 1.99. The van der Waals surface area contributed by atoms with Crippen molar-refractivity contribution < 1.29 is 0 Å². The third-order valence-electron chi connectivity index (χ3n) is 3.01. The second-order valence-corrected chi connectivity index (χ2v) is 4.26. The van der Waals surface area contributed by atoms with Gasteiger partial charge >= 0.3 is 0 Å². The van der Waals surface area contributed by atoms with E-state index >= 15 is 0 Å². The van der Waals surface area contributed by atoms with Crippen molar-refractivity contribution >= 4 is 10.8 Å². The first kappa shape index (κ1) is 10.1. The molecule has 0 atom stereocenters. The van der Waals surface area contributed by atoms with Crippen LogP contribution in [-0.2, 0) is 0 Å². The summed E-state index contributed by atoms with van der Waals surface area (Å²) in [5.41, 5.74) is 3.52.